The highest BCUT2D eigenvalue weighted by Gasteiger charge is 2.39. The number of nitrogens with two attached hydrogens (primary N) is 1. The number of aliphatic hydroxyl groups is 1. The van der Waals surface area contributed by atoms with Crippen LogP contribution in [0.25, 0.3) is 11.4 Å². The molecule has 1 aliphatic heterocycles. The minimum absolute atomic E-state index is 0.132. The molecule has 1 saturated heterocycles. The molecule has 2 atom stereocenters. The summed E-state index contributed by atoms with van der Waals surface area (Å²) in [7, 11) is 0. The molecule has 3 aromatic rings. The molecule has 0 bridgehead atoms. The number of guanidine groups is 1. The van der Waals surface area contributed by atoms with Gasteiger partial charge in [-0.1, -0.05) is 34.4 Å². The Morgan fingerprint density at radius 2 is 2.09 bits per heavy atom. The Labute approximate surface area is 201 Å². The second kappa shape index (κ2) is 9.99. The second-order valence-electron chi connectivity index (χ2n) is 8.02. The average Bonchev–Trinajstić information content (AvgIpc) is 3.41. The van der Waals surface area contributed by atoms with Gasteiger partial charge in [0.25, 0.3) is 5.89 Å². The summed E-state index contributed by atoms with van der Waals surface area (Å²) in [6, 6.07) is 10.7. The molecule has 0 aliphatic carbocycles. The van der Waals surface area contributed by atoms with Gasteiger partial charge in [-0.2, -0.15) is 4.98 Å². The molecule has 0 radical (unpaired) electrons. The molecule has 2 heterocycles. The van der Waals surface area contributed by atoms with Gasteiger partial charge < -0.3 is 25.0 Å². The molecular weight excluding hydrogens is 465 g/mol. The Morgan fingerprint density at radius 3 is 2.82 bits per heavy atom. The number of likely N-dealkylation sites (tertiary alicyclic amines) is 1. The summed E-state index contributed by atoms with van der Waals surface area (Å²) in [5.74, 6) is 1.30. The fraction of sp³-hybridized carbons (Fsp3) is 0.348. The molecule has 2 aromatic carbocycles. The van der Waals surface area contributed by atoms with Crippen LogP contribution in [0.2, 0.25) is 10.0 Å². The van der Waals surface area contributed by atoms with Gasteiger partial charge in [0.05, 0.1) is 22.8 Å². The molecule has 4 rings (SSSR count). The SMILES string of the molecule is Cc1cc(-c2noc([C@@H]3[C@@H](O)CCN3C(=N)N)n2)ccc1OCCCc1ccc(Cl)c(Cl)c1. The van der Waals surface area contributed by atoms with Gasteiger partial charge in [-0.3, -0.25) is 5.41 Å². The van der Waals surface area contributed by atoms with Crippen LogP contribution in [-0.2, 0) is 6.42 Å². The highest BCUT2D eigenvalue weighted by molar-refractivity contribution is 6.42. The summed E-state index contributed by atoms with van der Waals surface area (Å²) in [5.41, 5.74) is 8.45. The van der Waals surface area contributed by atoms with Crippen molar-refractivity contribution >= 4 is 29.2 Å². The molecule has 1 aromatic heterocycles. The lowest BCUT2D eigenvalue weighted by Crippen LogP contribution is -2.37. The van der Waals surface area contributed by atoms with E-state index >= 15 is 0 Å². The van der Waals surface area contributed by atoms with E-state index in [0.29, 0.717) is 35.4 Å². The number of benzene rings is 2. The van der Waals surface area contributed by atoms with Crippen molar-refractivity contribution in [3.63, 3.8) is 0 Å². The van der Waals surface area contributed by atoms with Crippen molar-refractivity contribution in [1.82, 2.24) is 15.0 Å². The normalized spacial score (nSPS) is 18.0. The maximum Gasteiger partial charge on any atom is 0.252 e. The highest BCUT2D eigenvalue weighted by atomic mass is 35.5. The minimum Gasteiger partial charge on any atom is -0.493 e. The molecule has 0 unspecified atom stereocenters. The van der Waals surface area contributed by atoms with Crippen molar-refractivity contribution in [2.24, 2.45) is 5.73 Å². The summed E-state index contributed by atoms with van der Waals surface area (Å²) in [6.07, 6.45) is 1.44. The third-order valence-electron chi connectivity index (χ3n) is 5.65. The van der Waals surface area contributed by atoms with Crippen molar-refractivity contribution in [2.45, 2.75) is 38.3 Å². The van der Waals surface area contributed by atoms with Gasteiger partial charge in [0.15, 0.2) is 5.96 Å². The van der Waals surface area contributed by atoms with Gasteiger partial charge in [0.2, 0.25) is 5.82 Å². The van der Waals surface area contributed by atoms with Crippen LogP contribution in [0.5, 0.6) is 5.75 Å². The second-order valence-corrected chi connectivity index (χ2v) is 8.83. The maximum atomic E-state index is 10.3. The quantitative estimate of drug-likeness (QED) is 0.256. The van der Waals surface area contributed by atoms with E-state index in [2.05, 4.69) is 10.1 Å². The predicted octanol–water partition coefficient (Wildman–Crippen LogP) is 4.36. The van der Waals surface area contributed by atoms with Crippen LogP contribution < -0.4 is 10.5 Å². The Balaban J connectivity index is 1.37. The summed E-state index contributed by atoms with van der Waals surface area (Å²) >= 11 is 12.0. The van der Waals surface area contributed by atoms with Crippen LogP contribution in [0, 0.1) is 12.3 Å². The van der Waals surface area contributed by atoms with E-state index in [9.17, 15) is 5.11 Å². The predicted molar refractivity (Wildman–Crippen MR) is 127 cm³/mol. The lowest BCUT2D eigenvalue weighted by Gasteiger charge is -2.22. The van der Waals surface area contributed by atoms with E-state index in [1.165, 1.54) is 0 Å². The van der Waals surface area contributed by atoms with E-state index in [1.807, 2.05) is 37.3 Å². The first kappa shape index (κ1) is 23.4. The molecule has 0 amide bonds. The largest absolute Gasteiger partial charge is 0.493 e. The first-order chi connectivity index (χ1) is 15.8. The number of nitrogens with zero attached hydrogens (tertiary/aromatic N) is 3. The van der Waals surface area contributed by atoms with Crippen LogP contribution in [0.3, 0.4) is 0 Å². The molecule has 1 fully saturated rings. The van der Waals surface area contributed by atoms with Gasteiger partial charge in [0.1, 0.15) is 11.8 Å². The molecule has 0 saturated carbocycles. The first-order valence-corrected chi connectivity index (χ1v) is 11.4. The van der Waals surface area contributed by atoms with Crippen LogP contribution in [0.15, 0.2) is 40.9 Å². The van der Waals surface area contributed by atoms with Gasteiger partial charge >= 0.3 is 0 Å². The van der Waals surface area contributed by atoms with Crippen molar-refractivity contribution < 1.29 is 14.4 Å². The number of hydrogen-bond donors (Lipinski definition) is 3. The average molecular weight is 490 g/mol. The number of aromatic nitrogens is 2. The van der Waals surface area contributed by atoms with Crippen LogP contribution in [0.1, 0.15) is 35.9 Å². The van der Waals surface area contributed by atoms with Crippen LogP contribution >= 0.6 is 23.2 Å². The van der Waals surface area contributed by atoms with E-state index in [1.54, 1.807) is 11.0 Å². The van der Waals surface area contributed by atoms with Gasteiger partial charge in [0, 0.05) is 12.1 Å². The number of nitrogens with one attached hydrogen (secondary N) is 1. The van der Waals surface area contributed by atoms with Crippen molar-refractivity contribution in [2.75, 3.05) is 13.2 Å². The van der Waals surface area contributed by atoms with E-state index in [4.69, 9.17) is 43.6 Å². The van der Waals surface area contributed by atoms with Crippen molar-refractivity contribution in [3.8, 4) is 17.1 Å². The lowest BCUT2D eigenvalue weighted by atomic mass is 10.1. The van der Waals surface area contributed by atoms with Crippen molar-refractivity contribution in [1.29, 1.82) is 5.41 Å². The minimum atomic E-state index is -0.719. The van der Waals surface area contributed by atoms with Gasteiger partial charge in [-0.05, 0) is 67.6 Å². The number of halogens is 2. The Morgan fingerprint density at radius 1 is 1.27 bits per heavy atom. The van der Waals surface area contributed by atoms with Gasteiger partial charge in [-0.25, -0.2) is 0 Å². The number of aryl methyl sites for hydroxylation is 2. The zero-order chi connectivity index (χ0) is 23.5. The standard InChI is InChI=1S/C23H25Cl2N5O3/c1-13-11-15(21-28-22(33-29-21)20-18(31)8-9-30(20)23(26)27)5-7-19(13)32-10-2-3-14-4-6-16(24)17(25)12-14/h4-7,11-12,18,20,31H,2-3,8-10H2,1H3,(H3,26,27)/t18-,20-/m0/s1. The molecule has 1 aliphatic rings. The smallest absolute Gasteiger partial charge is 0.252 e. The third kappa shape index (κ3) is 5.24. The Hall–Kier alpha value is -2.81. The molecule has 33 heavy (non-hydrogen) atoms. The summed E-state index contributed by atoms with van der Waals surface area (Å²) in [5, 5.41) is 23.1. The molecule has 4 N–H and O–H groups in total. The fourth-order valence-corrected chi connectivity index (χ4v) is 4.24. The topological polar surface area (TPSA) is 121 Å². The number of rotatable bonds is 7. The van der Waals surface area contributed by atoms with Gasteiger partial charge in [-0.15, -0.1) is 0 Å². The number of hydrogen-bond acceptors (Lipinski definition) is 6. The third-order valence-corrected chi connectivity index (χ3v) is 6.39. The molecule has 0 spiro atoms. The number of aliphatic hydroxyl groups excluding tert-OH is 1. The van der Waals surface area contributed by atoms with Crippen LogP contribution in [0.4, 0.5) is 0 Å². The Bertz CT molecular complexity index is 1150. The number of ether oxygens (including phenoxy) is 1. The van der Waals surface area contributed by atoms with E-state index in [-0.39, 0.29) is 11.9 Å². The Kier molecular flexibility index (Phi) is 7.07. The monoisotopic (exact) mass is 489 g/mol. The van der Waals surface area contributed by atoms with E-state index < -0.39 is 12.1 Å². The fourth-order valence-electron chi connectivity index (χ4n) is 3.92. The van der Waals surface area contributed by atoms with E-state index in [0.717, 1.165) is 35.3 Å². The first-order valence-electron chi connectivity index (χ1n) is 10.6. The summed E-state index contributed by atoms with van der Waals surface area (Å²) < 4.78 is 11.3. The molecule has 10 heteroatoms. The maximum absolute atomic E-state index is 10.3. The van der Waals surface area contributed by atoms with Crippen molar-refractivity contribution in [3.05, 3.63) is 63.5 Å². The zero-order valence-electron chi connectivity index (χ0n) is 18.1. The molecule has 174 valence electrons. The lowest BCUT2D eigenvalue weighted by molar-refractivity contribution is 0.118. The highest BCUT2D eigenvalue weighted by Crippen LogP contribution is 2.33. The summed E-state index contributed by atoms with van der Waals surface area (Å²) in [6.45, 7) is 2.99. The van der Waals surface area contributed by atoms with Crippen LogP contribution in [-0.4, -0.2) is 45.4 Å². The zero-order valence-corrected chi connectivity index (χ0v) is 19.6. The molecular formula is C23H25Cl2N5O3. The molecule has 8 nitrogen and oxygen atoms in total. The summed E-state index contributed by atoms with van der Waals surface area (Å²) in [4.78, 5) is 6.00.